The maximum atomic E-state index is 12.9. The van der Waals surface area contributed by atoms with Crippen LogP contribution in [0.15, 0.2) is 48.9 Å². The zero-order chi connectivity index (χ0) is 23.7. The molecule has 1 aromatic carbocycles. The molecule has 176 valence electrons. The Hall–Kier alpha value is -3.59. The van der Waals surface area contributed by atoms with Gasteiger partial charge in [0.05, 0.1) is 18.9 Å². The number of hydrogen-bond donors (Lipinski definition) is 0. The van der Waals surface area contributed by atoms with Crippen LogP contribution in [-0.4, -0.2) is 52.3 Å². The van der Waals surface area contributed by atoms with E-state index in [4.69, 9.17) is 14.5 Å². The second kappa shape index (κ2) is 9.34. The lowest BCUT2D eigenvalue weighted by Gasteiger charge is -2.26. The van der Waals surface area contributed by atoms with Gasteiger partial charge in [0.25, 0.3) is 0 Å². The number of halogens is 2. The number of fused-ring (bicyclic) bond motifs is 1. The third kappa shape index (κ3) is 4.43. The van der Waals surface area contributed by atoms with Crippen molar-refractivity contribution in [2.75, 3.05) is 31.2 Å². The van der Waals surface area contributed by atoms with E-state index < -0.39 is 6.61 Å². The maximum absolute atomic E-state index is 12.9. The van der Waals surface area contributed by atoms with E-state index in [0.717, 1.165) is 46.8 Å². The second-order valence-electron chi connectivity index (χ2n) is 8.28. The molecule has 1 aliphatic rings. The number of hydrogen-bond acceptors (Lipinski definition) is 6. The summed E-state index contributed by atoms with van der Waals surface area (Å²) in [7, 11) is 0. The zero-order valence-corrected chi connectivity index (χ0v) is 19.0. The number of anilines is 1. The van der Waals surface area contributed by atoms with Crippen LogP contribution in [0.1, 0.15) is 22.5 Å². The van der Waals surface area contributed by atoms with Gasteiger partial charge in [0, 0.05) is 60.5 Å². The number of aromatic nitrogens is 4. The number of imidazole rings is 1. The Morgan fingerprint density at radius 3 is 2.56 bits per heavy atom. The fraction of sp³-hybridized carbons (Fsp3) is 0.320. The summed E-state index contributed by atoms with van der Waals surface area (Å²) in [6, 6.07) is 8.87. The van der Waals surface area contributed by atoms with Gasteiger partial charge in [0.1, 0.15) is 11.4 Å². The molecule has 5 rings (SSSR count). The molecule has 0 amide bonds. The van der Waals surface area contributed by atoms with Gasteiger partial charge in [0.2, 0.25) is 5.95 Å². The number of nitrogens with zero attached hydrogens (tertiary/aromatic N) is 5. The molecule has 1 aliphatic heterocycles. The minimum absolute atomic E-state index is 0.172. The molecule has 4 aromatic rings. The number of alkyl halides is 2. The monoisotopic (exact) mass is 465 g/mol. The lowest BCUT2D eigenvalue weighted by Crippen LogP contribution is -2.37. The minimum Gasteiger partial charge on any atom is -0.435 e. The van der Waals surface area contributed by atoms with Crippen LogP contribution in [-0.2, 0) is 11.2 Å². The summed E-state index contributed by atoms with van der Waals surface area (Å²) in [6.45, 7) is 3.98. The van der Waals surface area contributed by atoms with Crippen molar-refractivity contribution >= 4 is 11.6 Å². The van der Waals surface area contributed by atoms with E-state index in [0.29, 0.717) is 31.1 Å². The molecule has 0 unspecified atom stereocenters. The van der Waals surface area contributed by atoms with Crippen molar-refractivity contribution in [1.82, 2.24) is 19.4 Å². The molecule has 0 saturated carbocycles. The summed E-state index contributed by atoms with van der Waals surface area (Å²) in [5.41, 5.74) is 6.15. The highest BCUT2D eigenvalue weighted by Crippen LogP contribution is 2.29. The molecular formula is C25H25F2N5O2. The van der Waals surface area contributed by atoms with Crippen LogP contribution in [0, 0.1) is 13.8 Å². The zero-order valence-electron chi connectivity index (χ0n) is 19.0. The van der Waals surface area contributed by atoms with Crippen LogP contribution >= 0.6 is 0 Å². The van der Waals surface area contributed by atoms with Crippen molar-refractivity contribution in [3.05, 3.63) is 71.4 Å². The summed E-state index contributed by atoms with van der Waals surface area (Å²) < 4.78 is 37.9. The second-order valence-corrected chi connectivity index (χ2v) is 8.28. The number of rotatable bonds is 6. The van der Waals surface area contributed by atoms with E-state index in [1.807, 2.05) is 49.0 Å². The van der Waals surface area contributed by atoms with Crippen molar-refractivity contribution < 1.29 is 18.3 Å². The molecule has 9 heteroatoms. The van der Waals surface area contributed by atoms with Crippen LogP contribution in [0.4, 0.5) is 14.7 Å². The smallest absolute Gasteiger partial charge is 0.387 e. The van der Waals surface area contributed by atoms with E-state index in [2.05, 4.69) is 14.9 Å². The quantitative estimate of drug-likeness (QED) is 0.420. The van der Waals surface area contributed by atoms with E-state index in [-0.39, 0.29) is 5.75 Å². The number of pyridine rings is 1. The number of para-hydroxylation sites is 1. The fourth-order valence-electron chi connectivity index (χ4n) is 4.29. The molecule has 34 heavy (non-hydrogen) atoms. The van der Waals surface area contributed by atoms with E-state index in [9.17, 15) is 8.78 Å². The van der Waals surface area contributed by atoms with Gasteiger partial charge >= 0.3 is 6.61 Å². The van der Waals surface area contributed by atoms with Crippen molar-refractivity contribution in [1.29, 1.82) is 0 Å². The average molecular weight is 466 g/mol. The lowest BCUT2D eigenvalue weighted by atomic mass is 10.1. The molecular weight excluding hydrogens is 440 g/mol. The summed E-state index contributed by atoms with van der Waals surface area (Å²) in [6.07, 6.45) is 6.09. The third-order valence-electron chi connectivity index (χ3n) is 6.06. The number of ether oxygens (including phenoxy) is 2. The normalized spacial score (nSPS) is 14.2. The number of morpholine rings is 1. The predicted octanol–water partition coefficient (Wildman–Crippen LogP) is 4.44. The first-order chi connectivity index (χ1) is 16.5. The standard InChI is InChI=1S/C25H25F2N5O2/c1-16-11-23-30-17(2)21(12-18-5-3-4-6-22(18)34-24(26)27)32(23)15-20(16)19-13-28-25(29-14-19)31-7-9-33-10-8-31/h3-6,11,13-15,24H,7-10,12H2,1-2H3. The van der Waals surface area contributed by atoms with Crippen molar-refractivity contribution in [2.45, 2.75) is 26.9 Å². The van der Waals surface area contributed by atoms with Gasteiger partial charge in [-0.05, 0) is 31.5 Å². The minimum atomic E-state index is -2.88. The van der Waals surface area contributed by atoms with E-state index >= 15 is 0 Å². The Morgan fingerprint density at radius 2 is 1.82 bits per heavy atom. The van der Waals surface area contributed by atoms with Gasteiger partial charge in [-0.25, -0.2) is 15.0 Å². The lowest BCUT2D eigenvalue weighted by molar-refractivity contribution is -0.0503. The van der Waals surface area contributed by atoms with Crippen LogP contribution in [0.2, 0.25) is 0 Å². The highest BCUT2D eigenvalue weighted by Gasteiger charge is 2.17. The third-order valence-corrected chi connectivity index (χ3v) is 6.06. The molecule has 1 fully saturated rings. The topological polar surface area (TPSA) is 64.8 Å². The van der Waals surface area contributed by atoms with Crippen molar-refractivity contribution in [2.24, 2.45) is 0 Å². The number of aryl methyl sites for hydroxylation is 2. The molecule has 0 radical (unpaired) electrons. The van der Waals surface area contributed by atoms with E-state index in [1.54, 1.807) is 18.2 Å². The molecule has 0 atom stereocenters. The van der Waals surface area contributed by atoms with Crippen LogP contribution < -0.4 is 9.64 Å². The summed E-state index contributed by atoms with van der Waals surface area (Å²) >= 11 is 0. The predicted molar refractivity (Wildman–Crippen MR) is 125 cm³/mol. The Balaban J connectivity index is 1.50. The van der Waals surface area contributed by atoms with Crippen LogP contribution in [0.25, 0.3) is 16.8 Å². The molecule has 3 aromatic heterocycles. The Morgan fingerprint density at radius 1 is 1.09 bits per heavy atom. The highest BCUT2D eigenvalue weighted by atomic mass is 19.3. The first kappa shape index (κ1) is 22.2. The van der Waals surface area contributed by atoms with Gasteiger partial charge in [0.15, 0.2) is 0 Å². The first-order valence-electron chi connectivity index (χ1n) is 11.2. The summed E-state index contributed by atoms with van der Waals surface area (Å²) in [4.78, 5) is 16.0. The molecule has 0 spiro atoms. The number of benzene rings is 1. The summed E-state index contributed by atoms with van der Waals surface area (Å²) in [5, 5.41) is 0. The van der Waals surface area contributed by atoms with Crippen LogP contribution in [0.5, 0.6) is 5.75 Å². The molecule has 0 aliphatic carbocycles. The molecule has 0 N–H and O–H groups in total. The van der Waals surface area contributed by atoms with Gasteiger partial charge in [-0.2, -0.15) is 8.78 Å². The Labute approximate surface area is 196 Å². The highest BCUT2D eigenvalue weighted by molar-refractivity contribution is 5.68. The molecule has 1 saturated heterocycles. The van der Waals surface area contributed by atoms with Gasteiger partial charge in [-0.1, -0.05) is 18.2 Å². The molecule has 4 heterocycles. The SMILES string of the molecule is Cc1cc2nc(C)c(Cc3ccccc3OC(F)F)n2cc1-c1cnc(N2CCOCC2)nc1. The summed E-state index contributed by atoms with van der Waals surface area (Å²) in [5.74, 6) is 0.867. The Kier molecular flexibility index (Phi) is 6.10. The van der Waals surface area contributed by atoms with Gasteiger partial charge < -0.3 is 18.8 Å². The van der Waals surface area contributed by atoms with Crippen molar-refractivity contribution in [3.63, 3.8) is 0 Å². The van der Waals surface area contributed by atoms with Crippen LogP contribution in [0.3, 0.4) is 0 Å². The van der Waals surface area contributed by atoms with Gasteiger partial charge in [-0.15, -0.1) is 0 Å². The molecule has 0 bridgehead atoms. The molecule has 7 nitrogen and oxygen atoms in total. The van der Waals surface area contributed by atoms with E-state index in [1.165, 1.54) is 0 Å². The average Bonchev–Trinajstić information content (AvgIpc) is 3.14. The first-order valence-corrected chi connectivity index (χ1v) is 11.2. The Bertz CT molecular complexity index is 1300. The fourth-order valence-corrected chi connectivity index (χ4v) is 4.29. The maximum Gasteiger partial charge on any atom is 0.387 e. The largest absolute Gasteiger partial charge is 0.435 e. The van der Waals surface area contributed by atoms with Gasteiger partial charge in [-0.3, -0.25) is 0 Å². The van der Waals surface area contributed by atoms with Crippen molar-refractivity contribution in [3.8, 4) is 16.9 Å².